The summed E-state index contributed by atoms with van der Waals surface area (Å²) in [7, 11) is 0. The van der Waals surface area contributed by atoms with Gasteiger partial charge in [0.05, 0.1) is 5.52 Å². The van der Waals surface area contributed by atoms with Crippen LogP contribution in [0.4, 0.5) is 5.82 Å². The van der Waals surface area contributed by atoms with Crippen molar-refractivity contribution in [3.63, 3.8) is 0 Å². The molecule has 30 heavy (non-hydrogen) atoms. The molecule has 5 rings (SSSR count). The average Bonchev–Trinajstić information content (AvgIpc) is 3.34. The molecule has 0 aliphatic carbocycles. The number of aromatic nitrogens is 4. The van der Waals surface area contributed by atoms with Crippen LogP contribution in [0.2, 0.25) is 0 Å². The van der Waals surface area contributed by atoms with Crippen molar-refractivity contribution in [1.82, 2.24) is 25.1 Å². The molecule has 1 saturated heterocycles. The third kappa shape index (κ3) is 3.91. The summed E-state index contributed by atoms with van der Waals surface area (Å²) >= 11 is 0. The van der Waals surface area contributed by atoms with Crippen LogP contribution in [-0.2, 0) is 13.1 Å². The fourth-order valence-electron chi connectivity index (χ4n) is 4.16. The third-order valence-corrected chi connectivity index (χ3v) is 5.66. The van der Waals surface area contributed by atoms with Crippen molar-refractivity contribution in [2.45, 2.75) is 32.4 Å². The summed E-state index contributed by atoms with van der Waals surface area (Å²) < 4.78 is 1.81. The summed E-state index contributed by atoms with van der Waals surface area (Å²) in [5.74, 6) is 1.99. The number of anilines is 1. The van der Waals surface area contributed by atoms with Gasteiger partial charge in [-0.3, -0.25) is 0 Å². The van der Waals surface area contributed by atoms with Gasteiger partial charge in [-0.05, 0) is 43.5 Å². The van der Waals surface area contributed by atoms with Crippen molar-refractivity contribution in [3.05, 3.63) is 78.2 Å². The van der Waals surface area contributed by atoms with Gasteiger partial charge in [0.25, 0.3) is 0 Å². The summed E-state index contributed by atoms with van der Waals surface area (Å²) in [6.07, 6.45) is 9.30. The van der Waals surface area contributed by atoms with Crippen LogP contribution in [-0.4, -0.2) is 32.8 Å². The van der Waals surface area contributed by atoms with Crippen LogP contribution in [0.5, 0.6) is 0 Å². The Balaban J connectivity index is 1.39. The maximum atomic E-state index is 5.04. The lowest BCUT2D eigenvalue weighted by molar-refractivity contribution is 0.570. The molecule has 1 aliphatic rings. The minimum Gasteiger partial charge on any atom is -0.356 e. The summed E-state index contributed by atoms with van der Waals surface area (Å²) in [6.45, 7) is 3.65. The molecule has 0 saturated carbocycles. The van der Waals surface area contributed by atoms with Gasteiger partial charge in [0.2, 0.25) is 0 Å². The van der Waals surface area contributed by atoms with Crippen molar-refractivity contribution in [2.24, 2.45) is 0 Å². The molecular formula is C24H26N6. The molecule has 0 radical (unpaired) electrons. The standard InChI is InChI=1S/C24H26N6/c1-4-13-29(14-5-1)24-21(16-19-8-2-3-10-22(19)28-24)18-25-17-20-9-6-11-26-23(20)30-15-7-12-27-30/h2-3,6-12,15-16,25H,1,4-5,13-14,17-18H2. The SMILES string of the molecule is c1cnc(-n2cccn2)c(CNCc2cc3ccccc3nc2N2CCCCC2)c1. The number of hydrogen-bond donors (Lipinski definition) is 1. The van der Waals surface area contributed by atoms with Crippen LogP contribution >= 0.6 is 0 Å². The van der Waals surface area contributed by atoms with Gasteiger partial charge < -0.3 is 10.2 Å². The molecular weight excluding hydrogens is 372 g/mol. The highest BCUT2D eigenvalue weighted by atomic mass is 15.3. The van der Waals surface area contributed by atoms with Crippen LogP contribution in [0.25, 0.3) is 16.7 Å². The van der Waals surface area contributed by atoms with Gasteiger partial charge in [0.15, 0.2) is 5.82 Å². The van der Waals surface area contributed by atoms with Gasteiger partial charge in [0, 0.05) is 61.3 Å². The molecule has 0 amide bonds. The van der Waals surface area contributed by atoms with Crippen LogP contribution in [0.1, 0.15) is 30.4 Å². The molecule has 4 aromatic rings. The summed E-state index contributed by atoms with van der Waals surface area (Å²) in [5.41, 5.74) is 3.43. The lowest BCUT2D eigenvalue weighted by Gasteiger charge is -2.30. The first-order valence-electron chi connectivity index (χ1n) is 10.7. The Labute approximate surface area is 176 Å². The molecule has 4 heterocycles. The quantitative estimate of drug-likeness (QED) is 0.530. The second kappa shape index (κ2) is 8.63. The molecule has 0 bridgehead atoms. The molecule has 6 heteroatoms. The number of rotatable bonds is 6. The second-order valence-electron chi connectivity index (χ2n) is 7.75. The number of fused-ring (bicyclic) bond motifs is 1. The number of benzene rings is 1. The molecule has 0 unspecified atom stereocenters. The Bertz CT molecular complexity index is 1120. The highest BCUT2D eigenvalue weighted by Crippen LogP contribution is 2.26. The maximum Gasteiger partial charge on any atom is 0.157 e. The van der Waals surface area contributed by atoms with Crippen molar-refractivity contribution in [2.75, 3.05) is 18.0 Å². The molecule has 1 fully saturated rings. The first-order chi connectivity index (χ1) is 14.9. The minimum atomic E-state index is 0.718. The lowest BCUT2D eigenvalue weighted by atomic mass is 10.1. The fourth-order valence-corrected chi connectivity index (χ4v) is 4.16. The van der Waals surface area contributed by atoms with E-state index in [1.165, 1.54) is 30.2 Å². The van der Waals surface area contributed by atoms with E-state index in [2.05, 4.69) is 56.7 Å². The molecule has 152 valence electrons. The first-order valence-corrected chi connectivity index (χ1v) is 10.7. The van der Waals surface area contributed by atoms with Gasteiger partial charge in [-0.25, -0.2) is 14.6 Å². The van der Waals surface area contributed by atoms with E-state index in [0.717, 1.165) is 48.9 Å². The predicted molar refractivity (Wildman–Crippen MR) is 120 cm³/mol. The summed E-state index contributed by atoms with van der Waals surface area (Å²) in [5, 5.41) is 9.14. The molecule has 1 N–H and O–H groups in total. The average molecular weight is 399 g/mol. The third-order valence-electron chi connectivity index (χ3n) is 5.66. The van der Waals surface area contributed by atoms with Crippen molar-refractivity contribution in [1.29, 1.82) is 0 Å². The van der Waals surface area contributed by atoms with E-state index < -0.39 is 0 Å². The van der Waals surface area contributed by atoms with Crippen LogP contribution in [0.3, 0.4) is 0 Å². The Kier molecular flexibility index (Phi) is 5.40. The molecule has 1 aliphatic heterocycles. The number of piperidine rings is 1. The Morgan fingerprint density at radius 3 is 2.57 bits per heavy atom. The Morgan fingerprint density at radius 2 is 1.70 bits per heavy atom. The lowest BCUT2D eigenvalue weighted by Crippen LogP contribution is -2.31. The molecule has 3 aromatic heterocycles. The van der Waals surface area contributed by atoms with E-state index in [9.17, 15) is 0 Å². The zero-order chi connectivity index (χ0) is 20.2. The van der Waals surface area contributed by atoms with Gasteiger partial charge in [0.1, 0.15) is 5.82 Å². The first kappa shape index (κ1) is 18.8. The Morgan fingerprint density at radius 1 is 0.833 bits per heavy atom. The number of para-hydroxylation sites is 1. The zero-order valence-corrected chi connectivity index (χ0v) is 17.0. The van der Waals surface area contributed by atoms with E-state index in [1.54, 1.807) is 6.20 Å². The molecule has 0 spiro atoms. The zero-order valence-electron chi connectivity index (χ0n) is 17.0. The van der Waals surface area contributed by atoms with Gasteiger partial charge in [-0.15, -0.1) is 0 Å². The minimum absolute atomic E-state index is 0.718. The predicted octanol–water partition coefficient (Wildman–Crippen LogP) is 4.10. The van der Waals surface area contributed by atoms with Crippen LogP contribution in [0, 0.1) is 0 Å². The molecule has 6 nitrogen and oxygen atoms in total. The number of nitrogens with zero attached hydrogens (tertiary/aromatic N) is 5. The maximum absolute atomic E-state index is 5.04. The van der Waals surface area contributed by atoms with E-state index in [-0.39, 0.29) is 0 Å². The monoisotopic (exact) mass is 398 g/mol. The van der Waals surface area contributed by atoms with Crippen LogP contribution < -0.4 is 10.2 Å². The highest BCUT2D eigenvalue weighted by molar-refractivity contribution is 5.81. The number of nitrogens with one attached hydrogen (secondary N) is 1. The molecule has 1 aromatic carbocycles. The summed E-state index contributed by atoms with van der Waals surface area (Å²) in [6, 6.07) is 16.7. The largest absolute Gasteiger partial charge is 0.356 e. The Hall–Kier alpha value is -3.25. The van der Waals surface area contributed by atoms with Gasteiger partial charge in [-0.2, -0.15) is 5.10 Å². The van der Waals surface area contributed by atoms with Gasteiger partial charge >= 0.3 is 0 Å². The molecule has 0 atom stereocenters. The van der Waals surface area contributed by atoms with E-state index >= 15 is 0 Å². The fraction of sp³-hybridized carbons (Fsp3) is 0.292. The van der Waals surface area contributed by atoms with Crippen molar-refractivity contribution in [3.8, 4) is 5.82 Å². The summed E-state index contributed by atoms with van der Waals surface area (Å²) in [4.78, 5) is 12.0. The topological polar surface area (TPSA) is 58.9 Å². The smallest absolute Gasteiger partial charge is 0.157 e. The highest BCUT2D eigenvalue weighted by Gasteiger charge is 2.17. The van der Waals surface area contributed by atoms with E-state index in [1.807, 2.05) is 29.2 Å². The van der Waals surface area contributed by atoms with Crippen molar-refractivity contribution < 1.29 is 0 Å². The van der Waals surface area contributed by atoms with E-state index in [4.69, 9.17) is 4.98 Å². The normalized spacial score (nSPS) is 14.3. The number of hydrogen-bond acceptors (Lipinski definition) is 5. The second-order valence-corrected chi connectivity index (χ2v) is 7.75. The van der Waals surface area contributed by atoms with E-state index in [0.29, 0.717) is 0 Å². The van der Waals surface area contributed by atoms with Crippen LogP contribution in [0.15, 0.2) is 67.1 Å². The van der Waals surface area contributed by atoms with Crippen molar-refractivity contribution >= 4 is 16.7 Å². The van der Waals surface area contributed by atoms with Gasteiger partial charge in [-0.1, -0.05) is 24.3 Å². The number of pyridine rings is 2.